The molecule has 4 rings (SSSR count). The van der Waals surface area contributed by atoms with E-state index in [-0.39, 0.29) is 58.5 Å². The number of ether oxygens (including phenoxy) is 2. The van der Waals surface area contributed by atoms with Gasteiger partial charge in [0, 0.05) is 40.3 Å². The maximum absolute atomic E-state index is 15.8. The van der Waals surface area contributed by atoms with E-state index in [0.29, 0.717) is 16.9 Å². The monoisotopic (exact) mass is 605 g/mol. The molecular weight excluding hydrogens is 574 g/mol. The Hall–Kier alpha value is -3.61. The smallest absolute Gasteiger partial charge is 0.488 e. The second-order valence-electron chi connectivity index (χ2n) is 10.4. The van der Waals surface area contributed by atoms with Gasteiger partial charge in [-0.05, 0) is 69.2 Å². The van der Waals surface area contributed by atoms with Crippen LogP contribution in [0.5, 0.6) is 5.75 Å². The Balaban J connectivity index is 1.73. The Morgan fingerprint density at radius 2 is 1.83 bits per heavy atom. The molecule has 1 atom stereocenters. The molecule has 42 heavy (non-hydrogen) atoms. The number of hydrogen-bond donors (Lipinski definition) is 1. The molecule has 0 aliphatic rings. The van der Waals surface area contributed by atoms with E-state index in [1.54, 1.807) is 58.0 Å². The summed E-state index contributed by atoms with van der Waals surface area (Å²) >= 11 is -1.49. The zero-order valence-corrected chi connectivity index (χ0v) is 24.4. The van der Waals surface area contributed by atoms with Crippen molar-refractivity contribution >= 4 is 28.2 Å². The van der Waals surface area contributed by atoms with Crippen LogP contribution in [-0.4, -0.2) is 31.4 Å². The van der Waals surface area contributed by atoms with Gasteiger partial charge in [-0.15, -0.1) is 17.9 Å². The van der Waals surface area contributed by atoms with E-state index in [4.69, 9.17) is 9.47 Å². The van der Waals surface area contributed by atoms with E-state index < -0.39 is 34.2 Å². The van der Waals surface area contributed by atoms with E-state index in [0.717, 1.165) is 6.20 Å². The number of nitrogens with one attached hydrogen (secondary N) is 1. The molecule has 0 saturated carbocycles. The summed E-state index contributed by atoms with van der Waals surface area (Å²) in [7, 11) is 0. The minimum Gasteiger partial charge on any atom is -0.598 e. The lowest BCUT2D eigenvalue weighted by atomic mass is 9.98. The highest BCUT2D eigenvalue weighted by Gasteiger charge is 2.32. The topological polar surface area (TPSA) is 88.4 Å². The predicted octanol–water partition coefficient (Wildman–Crippen LogP) is 6.56. The molecule has 0 bridgehead atoms. The number of para-hydroxylation sites is 1. The summed E-state index contributed by atoms with van der Waals surface area (Å²) in [4.78, 5) is 16.1. The Kier molecular flexibility index (Phi) is 9.49. The van der Waals surface area contributed by atoms with Gasteiger partial charge in [0.2, 0.25) is 0 Å². The first-order chi connectivity index (χ1) is 19.8. The predicted molar refractivity (Wildman–Crippen MR) is 152 cm³/mol. The summed E-state index contributed by atoms with van der Waals surface area (Å²) in [5.74, 6) is -0.812. The lowest BCUT2D eigenvalue weighted by Gasteiger charge is -2.23. The first kappa shape index (κ1) is 31.3. The standard InChI is InChI=1S/C30H31F4N3O4S/c1-5-40-27(38)16-20-8-6-7-9-26(20)41-18-19-14-23(21-11-13-37(25(21)15-19)30(32,33)34)22-10-12-35-24(28(22)31)17-36-42(39)29(2,3)4/h6-15,36H,5,16-18H2,1-4H3. The van der Waals surface area contributed by atoms with Crippen LogP contribution in [0.3, 0.4) is 0 Å². The average molecular weight is 606 g/mol. The number of benzene rings is 2. The molecule has 4 aromatic rings. The van der Waals surface area contributed by atoms with Crippen molar-refractivity contribution in [3.63, 3.8) is 0 Å². The second-order valence-corrected chi connectivity index (χ2v) is 12.5. The summed E-state index contributed by atoms with van der Waals surface area (Å²) in [5, 5.41) is 0.182. The number of alkyl halides is 3. The van der Waals surface area contributed by atoms with Crippen LogP contribution < -0.4 is 9.46 Å². The number of esters is 1. The van der Waals surface area contributed by atoms with E-state index in [2.05, 4.69) is 9.71 Å². The number of pyridine rings is 1. The molecule has 1 N–H and O–H groups in total. The van der Waals surface area contributed by atoms with Crippen molar-refractivity contribution in [2.75, 3.05) is 6.61 Å². The first-order valence-corrected chi connectivity index (χ1v) is 14.3. The lowest BCUT2D eigenvalue weighted by Crippen LogP contribution is -2.39. The van der Waals surface area contributed by atoms with Crippen molar-refractivity contribution in [3.05, 3.63) is 83.6 Å². The fraction of sp³-hybridized carbons (Fsp3) is 0.333. The van der Waals surface area contributed by atoms with Crippen molar-refractivity contribution < 1.29 is 36.4 Å². The quantitative estimate of drug-likeness (QED) is 0.125. The van der Waals surface area contributed by atoms with Gasteiger partial charge in [0.15, 0.2) is 5.82 Å². The van der Waals surface area contributed by atoms with Crippen molar-refractivity contribution in [1.82, 2.24) is 14.3 Å². The molecule has 7 nitrogen and oxygen atoms in total. The first-order valence-electron chi connectivity index (χ1n) is 13.2. The minimum atomic E-state index is -4.71. The number of rotatable bonds is 10. The van der Waals surface area contributed by atoms with Gasteiger partial charge in [0.05, 0.1) is 30.8 Å². The molecule has 2 heterocycles. The molecule has 224 valence electrons. The van der Waals surface area contributed by atoms with Crippen molar-refractivity contribution in [2.24, 2.45) is 0 Å². The number of fused-ring (bicyclic) bond motifs is 1. The highest BCUT2D eigenvalue weighted by Crippen LogP contribution is 2.37. The summed E-state index contributed by atoms with van der Waals surface area (Å²) in [6, 6.07) is 12.4. The van der Waals surface area contributed by atoms with Gasteiger partial charge < -0.3 is 14.0 Å². The third kappa shape index (κ3) is 7.23. The number of nitrogens with zero attached hydrogens (tertiary/aromatic N) is 2. The van der Waals surface area contributed by atoms with Gasteiger partial charge in [-0.3, -0.25) is 14.3 Å². The Morgan fingerprint density at radius 3 is 2.52 bits per heavy atom. The SMILES string of the molecule is CCOC(=O)Cc1ccccc1OCc1cc(-c2ccnc(CN[S+]([O-])C(C)(C)C)c2F)c2ccn(C(F)(F)F)c2c1. The van der Waals surface area contributed by atoms with Gasteiger partial charge in [0.25, 0.3) is 0 Å². The summed E-state index contributed by atoms with van der Waals surface area (Å²) in [5.41, 5.74) is 0.953. The molecule has 1 unspecified atom stereocenters. The van der Waals surface area contributed by atoms with Crippen LogP contribution in [0.15, 0.2) is 60.9 Å². The molecule has 0 amide bonds. The Bertz CT molecular complexity index is 1570. The van der Waals surface area contributed by atoms with Crippen molar-refractivity contribution in [3.8, 4) is 16.9 Å². The minimum absolute atomic E-state index is 0.0250. The zero-order valence-electron chi connectivity index (χ0n) is 23.5. The normalized spacial score (nSPS) is 12.9. The van der Waals surface area contributed by atoms with Crippen molar-refractivity contribution in [1.29, 1.82) is 0 Å². The van der Waals surface area contributed by atoms with Crippen LogP contribution >= 0.6 is 0 Å². The van der Waals surface area contributed by atoms with Gasteiger partial charge >= 0.3 is 12.3 Å². The number of carbonyl (C=O) groups is 1. The van der Waals surface area contributed by atoms with Crippen LogP contribution in [0, 0.1) is 5.82 Å². The van der Waals surface area contributed by atoms with Gasteiger partial charge in [-0.2, -0.15) is 0 Å². The van der Waals surface area contributed by atoms with Gasteiger partial charge in [-0.1, -0.05) is 18.2 Å². The second kappa shape index (κ2) is 12.7. The fourth-order valence-electron chi connectivity index (χ4n) is 4.32. The van der Waals surface area contributed by atoms with E-state index in [1.807, 2.05) is 0 Å². The van der Waals surface area contributed by atoms with Gasteiger partial charge in [0.1, 0.15) is 17.1 Å². The van der Waals surface area contributed by atoms with E-state index in [9.17, 15) is 22.5 Å². The maximum atomic E-state index is 15.8. The molecule has 0 saturated heterocycles. The van der Waals surface area contributed by atoms with Crippen LogP contribution in [0.1, 0.15) is 44.5 Å². The molecule has 0 fully saturated rings. The average Bonchev–Trinajstić information content (AvgIpc) is 3.36. The fourth-order valence-corrected chi connectivity index (χ4v) is 5.02. The van der Waals surface area contributed by atoms with Crippen LogP contribution in [0.25, 0.3) is 22.0 Å². The lowest BCUT2D eigenvalue weighted by molar-refractivity contribution is -0.200. The highest BCUT2D eigenvalue weighted by atomic mass is 32.2. The summed E-state index contributed by atoms with van der Waals surface area (Å²) in [6.45, 7) is 6.92. The molecule has 0 aliphatic carbocycles. The van der Waals surface area contributed by atoms with Crippen LogP contribution in [-0.2, 0) is 46.8 Å². The number of hydrogen-bond acceptors (Lipinski definition) is 6. The van der Waals surface area contributed by atoms with Gasteiger partial charge in [-0.25, -0.2) is 4.39 Å². The van der Waals surface area contributed by atoms with Crippen LogP contribution in [0.4, 0.5) is 17.6 Å². The molecule has 2 aromatic heterocycles. The van der Waals surface area contributed by atoms with E-state index in [1.165, 1.54) is 24.4 Å². The number of halogens is 4. The molecular formula is C30H31F4N3O4S. The Morgan fingerprint density at radius 1 is 1.10 bits per heavy atom. The molecule has 0 radical (unpaired) electrons. The molecule has 0 aliphatic heterocycles. The number of carbonyl (C=O) groups excluding carboxylic acids is 1. The third-order valence-electron chi connectivity index (χ3n) is 6.33. The highest BCUT2D eigenvalue weighted by molar-refractivity contribution is 7.90. The maximum Gasteiger partial charge on any atom is 0.488 e. The van der Waals surface area contributed by atoms with Crippen LogP contribution in [0.2, 0.25) is 0 Å². The van der Waals surface area contributed by atoms with E-state index >= 15 is 4.39 Å². The summed E-state index contributed by atoms with van der Waals surface area (Å²) in [6.07, 6.45) is -2.50. The Labute approximate surface area is 244 Å². The molecule has 0 spiro atoms. The summed E-state index contributed by atoms with van der Waals surface area (Å²) < 4.78 is 83.2. The zero-order chi connectivity index (χ0) is 30.7. The third-order valence-corrected chi connectivity index (χ3v) is 7.85. The molecule has 12 heteroatoms. The van der Waals surface area contributed by atoms with Crippen molar-refractivity contribution in [2.45, 2.75) is 58.3 Å². The largest absolute Gasteiger partial charge is 0.598 e. The number of aromatic nitrogens is 2. The molecule has 2 aromatic carbocycles.